The molecule has 0 bridgehead atoms. The van der Waals surface area contributed by atoms with Crippen molar-refractivity contribution in [3.05, 3.63) is 12.2 Å². The Morgan fingerprint density at radius 2 is 2.00 bits per heavy atom. The van der Waals surface area contributed by atoms with Gasteiger partial charge in [0.25, 0.3) is 0 Å². The van der Waals surface area contributed by atoms with Gasteiger partial charge < -0.3 is 5.11 Å². The minimum absolute atomic E-state index is 0.114. The molecule has 0 aromatic rings. The summed E-state index contributed by atoms with van der Waals surface area (Å²) in [6, 6.07) is 0. The van der Waals surface area contributed by atoms with E-state index in [9.17, 15) is 0 Å². The van der Waals surface area contributed by atoms with Crippen LogP contribution in [-0.4, -0.2) is 11.2 Å². The quantitative estimate of drug-likeness (QED) is 0.463. The van der Waals surface area contributed by atoms with Gasteiger partial charge in [-0.15, -0.1) is 0 Å². The van der Waals surface area contributed by atoms with Crippen molar-refractivity contribution >= 4 is 0 Å². The molecule has 0 saturated heterocycles. The topological polar surface area (TPSA) is 20.2 Å². The molecule has 0 aliphatic rings. The zero-order chi connectivity index (χ0) is 8.53. The molecule has 0 saturated carbocycles. The second kappa shape index (κ2) is 7.80. The van der Waals surface area contributed by atoms with Crippen LogP contribution in [-0.2, 0) is 0 Å². The molecular formula is C10H20O. The third kappa shape index (κ3) is 9.70. The van der Waals surface area contributed by atoms with Crippen LogP contribution < -0.4 is 0 Å². The van der Waals surface area contributed by atoms with E-state index in [0.717, 1.165) is 12.8 Å². The van der Waals surface area contributed by atoms with Gasteiger partial charge in [-0.1, -0.05) is 25.0 Å². The van der Waals surface area contributed by atoms with Gasteiger partial charge in [-0.25, -0.2) is 0 Å². The number of hydrogen-bond donors (Lipinski definition) is 1. The van der Waals surface area contributed by atoms with E-state index in [1.165, 1.54) is 19.3 Å². The van der Waals surface area contributed by atoms with Crippen molar-refractivity contribution in [2.24, 2.45) is 0 Å². The number of hydrogen-bond acceptors (Lipinski definition) is 1. The molecule has 0 spiro atoms. The Hall–Kier alpha value is -0.300. The fourth-order valence-corrected chi connectivity index (χ4v) is 1.05. The summed E-state index contributed by atoms with van der Waals surface area (Å²) in [4.78, 5) is 0. The Morgan fingerprint density at radius 3 is 2.55 bits per heavy atom. The van der Waals surface area contributed by atoms with Gasteiger partial charge in [-0.2, -0.15) is 0 Å². The predicted molar refractivity (Wildman–Crippen MR) is 49.6 cm³/mol. The summed E-state index contributed by atoms with van der Waals surface area (Å²) in [7, 11) is 0. The van der Waals surface area contributed by atoms with E-state index in [-0.39, 0.29) is 6.10 Å². The summed E-state index contributed by atoms with van der Waals surface area (Å²) in [5.41, 5.74) is 0. The highest BCUT2D eigenvalue weighted by Crippen LogP contribution is 2.05. The van der Waals surface area contributed by atoms with Gasteiger partial charge in [0.1, 0.15) is 0 Å². The Bertz CT molecular complexity index is 95.0. The molecular weight excluding hydrogens is 136 g/mol. The van der Waals surface area contributed by atoms with Crippen LogP contribution in [0.5, 0.6) is 0 Å². The summed E-state index contributed by atoms with van der Waals surface area (Å²) in [5.74, 6) is 0. The third-order valence-corrected chi connectivity index (χ3v) is 1.73. The maximum Gasteiger partial charge on any atom is 0.0512 e. The second-order valence-corrected chi connectivity index (χ2v) is 3.06. The van der Waals surface area contributed by atoms with Crippen LogP contribution in [0.25, 0.3) is 0 Å². The highest BCUT2D eigenvalue weighted by Gasteiger charge is 1.93. The molecule has 0 aromatic heterocycles. The SMILES string of the molecule is CC=CCCCCCC(C)O. The monoisotopic (exact) mass is 156 g/mol. The average Bonchev–Trinajstić information content (AvgIpc) is 1.96. The van der Waals surface area contributed by atoms with E-state index in [2.05, 4.69) is 19.1 Å². The molecule has 0 aliphatic heterocycles. The summed E-state index contributed by atoms with van der Waals surface area (Å²) < 4.78 is 0. The molecule has 1 nitrogen and oxygen atoms in total. The largest absolute Gasteiger partial charge is 0.393 e. The highest BCUT2D eigenvalue weighted by molar-refractivity contribution is 4.76. The molecule has 1 N–H and O–H groups in total. The highest BCUT2D eigenvalue weighted by atomic mass is 16.3. The third-order valence-electron chi connectivity index (χ3n) is 1.73. The van der Waals surface area contributed by atoms with Crippen molar-refractivity contribution < 1.29 is 5.11 Å². The van der Waals surface area contributed by atoms with Crippen molar-refractivity contribution in [2.45, 2.75) is 52.1 Å². The first-order chi connectivity index (χ1) is 5.27. The Morgan fingerprint density at radius 1 is 1.27 bits per heavy atom. The molecule has 0 amide bonds. The van der Waals surface area contributed by atoms with Crippen LogP contribution in [0.15, 0.2) is 12.2 Å². The Labute approximate surface area is 70.1 Å². The summed E-state index contributed by atoms with van der Waals surface area (Å²) in [6.45, 7) is 3.90. The standard InChI is InChI=1S/C10H20O/c1-3-4-5-6-7-8-9-10(2)11/h3-4,10-11H,5-9H2,1-2H3. The van der Waals surface area contributed by atoms with Crippen molar-refractivity contribution in [3.8, 4) is 0 Å². The van der Waals surface area contributed by atoms with Crippen LogP contribution in [0.2, 0.25) is 0 Å². The summed E-state index contributed by atoms with van der Waals surface area (Å²) in [6.07, 6.45) is 9.99. The molecule has 1 heteroatoms. The molecule has 0 aromatic carbocycles. The molecule has 0 fully saturated rings. The number of allylic oxidation sites excluding steroid dienone is 2. The van der Waals surface area contributed by atoms with E-state index < -0.39 is 0 Å². The molecule has 66 valence electrons. The molecule has 0 aliphatic carbocycles. The van der Waals surface area contributed by atoms with Gasteiger partial charge in [0.05, 0.1) is 6.10 Å². The summed E-state index contributed by atoms with van der Waals surface area (Å²) >= 11 is 0. The fraction of sp³-hybridized carbons (Fsp3) is 0.800. The number of aliphatic hydroxyl groups excluding tert-OH is 1. The van der Waals surface area contributed by atoms with Gasteiger partial charge in [-0.05, 0) is 33.1 Å². The van der Waals surface area contributed by atoms with E-state index in [4.69, 9.17) is 5.11 Å². The maximum atomic E-state index is 8.94. The average molecular weight is 156 g/mol. The van der Waals surface area contributed by atoms with Crippen molar-refractivity contribution in [3.63, 3.8) is 0 Å². The lowest BCUT2D eigenvalue weighted by Gasteiger charge is -2.01. The number of unbranched alkanes of at least 4 members (excludes halogenated alkanes) is 3. The number of rotatable bonds is 6. The van der Waals surface area contributed by atoms with Gasteiger partial charge in [-0.3, -0.25) is 0 Å². The maximum absolute atomic E-state index is 8.94. The van der Waals surface area contributed by atoms with Crippen molar-refractivity contribution in [1.82, 2.24) is 0 Å². The predicted octanol–water partition coefficient (Wildman–Crippen LogP) is 2.89. The fourth-order valence-electron chi connectivity index (χ4n) is 1.05. The van der Waals surface area contributed by atoms with Crippen LogP contribution in [0, 0.1) is 0 Å². The number of aliphatic hydroxyl groups is 1. The Balaban J connectivity index is 2.91. The lowest BCUT2D eigenvalue weighted by atomic mass is 10.1. The Kier molecular flexibility index (Phi) is 7.59. The molecule has 11 heavy (non-hydrogen) atoms. The van der Waals surface area contributed by atoms with Crippen LogP contribution >= 0.6 is 0 Å². The van der Waals surface area contributed by atoms with Gasteiger partial charge in [0.15, 0.2) is 0 Å². The summed E-state index contributed by atoms with van der Waals surface area (Å²) in [5, 5.41) is 8.94. The van der Waals surface area contributed by atoms with Crippen LogP contribution in [0.1, 0.15) is 46.0 Å². The minimum atomic E-state index is -0.114. The first kappa shape index (κ1) is 10.7. The van der Waals surface area contributed by atoms with Crippen molar-refractivity contribution in [2.75, 3.05) is 0 Å². The molecule has 1 atom stereocenters. The zero-order valence-corrected chi connectivity index (χ0v) is 7.71. The molecule has 0 rings (SSSR count). The van der Waals surface area contributed by atoms with Crippen molar-refractivity contribution in [1.29, 1.82) is 0 Å². The van der Waals surface area contributed by atoms with Gasteiger partial charge in [0.2, 0.25) is 0 Å². The second-order valence-electron chi connectivity index (χ2n) is 3.06. The van der Waals surface area contributed by atoms with E-state index in [0.29, 0.717) is 0 Å². The minimum Gasteiger partial charge on any atom is -0.393 e. The lowest BCUT2D eigenvalue weighted by molar-refractivity contribution is 0.180. The molecule has 1 unspecified atom stereocenters. The first-order valence-corrected chi connectivity index (χ1v) is 4.56. The smallest absolute Gasteiger partial charge is 0.0512 e. The van der Waals surface area contributed by atoms with E-state index in [1.807, 2.05) is 6.92 Å². The van der Waals surface area contributed by atoms with E-state index >= 15 is 0 Å². The molecule has 0 radical (unpaired) electrons. The molecule has 0 heterocycles. The van der Waals surface area contributed by atoms with E-state index in [1.54, 1.807) is 0 Å². The van der Waals surface area contributed by atoms with Gasteiger partial charge >= 0.3 is 0 Å². The van der Waals surface area contributed by atoms with Gasteiger partial charge in [0, 0.05) is 0 Å². The normalized spacial score (nSPS) is 14.1. The zero-order valence-electron chi connectivity index (χ0n) is 7.71. The lowest BCUT2D eigenvalue weighted by Crippen LogP contribution is -1.97. The van der Waals surface area contributed by atoms with Crippen LogP contribution in [0.4, 0.5) is 0 Å². The first-order valence-electron chi connectivity index (χ1n) is 4.56. The van der Waals surface area contributed by atoms with Crippen LogP contribution in [0.3, 0.4) is 0 Å².